The highest BCUT2D eigenvalue weighted by Crippen LogP contribution is 2.23. The molecule has 0 atom stereocenters. The number of para-hydroxylation sites is 1. The van der Waals surface area contributed by atoms with E-state index < -0.39 is 0 Å². The number of nitrogens with two attached hydrogens (primary N) is 1. The lowest BCUT2D eigenvalue weighted by Crippen LogP contribution is -2.45. The summed E-state index contributed by atoms with van der Waals surface area (Å²) in [5.74, 6) is 5.70. The van der Waals surface area contributed by atoms with Gasteiger partial charge in [0.15, 0.2) is 0 Å². The van der Waals surface area contributed by atoms with Crippen LogP contribution >= 0.6 is 0 Å². The summed E-state index contributed by atoms with van der Waals surface area (Å²) >= 11 is 0. The molecular weight excluding hydrogens is 414 g/mol. The van der Waals surface area contributed by atoms with Crippen LogP contribution in [-0.4, -0.2) is 70.1 Å². The van der Waals surface area contributed by atoms with Crippen LogP contribution in [-0.2, 0) is 0 Å². The smallest absolute Gasteiger partial charge is 0.253 e. The quantitative estimate of drug-likeness (QED) is 0.359. The van der Waals surface area contributed by atoms with Crippen molar-refractivity contribution in [2.45, 2.75) is 31.7 Å². The molecule has 1 amide bonds. The predicted octanol–water partition coefficient (Wildman–Crippen LogP) is 3.33. The van der Waals surface area contributed by atoms with E-state index in [1.807, 2.05) is 53.4 Å². The number of aromatic amines is 1. The van der Waals surface area contributed by atoms with Gasteiger partial charge in [0.05, 0.1) is 17.4 Å². The van der Waals surface area contributed by atoms with E-state index in [0.717, 1.165) is 42.5 Å². The van der Waals surface area contributed by atoms with Gasteiger partial charge in [0.25, 0.3) is 5.91 Å². The lowest BCUT2D eigenvalue weighted by molar-refractivity contribution is 0.0644. The molecule has 3 aromatic rings. The van der Waals surface area contributed by atoms with E-state index in [9.17, 15) is 4.79 Å². The van der Waals surface area contributed by atoms with Crippen LogP contribution in [0.1, 0.15) is 41.7 Å². The standard InChI is InChI=1S/C25H29N7O/c26-28-23(24-21-5-1-2-6-22(21)29-30-24)17-27-19-9-7-18(8-10-19)25(33)32-15-11-20(12-16-32)31-13-3-4-14-31/h1-2,5-10,17,20H,3-4,11-16,26H2,(H,29,30). The van der Waals surface area contributed by atoms with Gasteiger partial charge in [0.2, 0.25) is 0 Å². The second-order valence-electron chi connectivity index (χ2n) is 8.70. The first-order valence-corrected chi connectivity index (χ1v) is 11.6. The molecule has 2 saturated heterocycles. The minimum atomic E-state index is 0.0950. The second kappa shape index (κ2) is 9.54. The molecule has 0 bridgehead atoms. The Bertz CT molecular complexity index is 1170. The van der Waals surface area contributed by atoms with Gasteiger partial charge in [-0.3, -0.25) is 14.9 Å². The van der Waals surface area contributed by atoms with E-state index in [1.165, 1.54) is 25.9 Å². The third-order valence-electron chi connectivity index (χ3n) is 6.71. The molecule has 0 radical (unpaired) electrons. The number of carbonyl (C=O) groups excluding carboxylic acids is 1. The molecule has 33 heavy (non-hydrogen) atoms. The summed E-state index contributed by atoms with van der Waals surface area (Å²) in [6.07, 6.45) is 6.35. The SMILES string of the molecule is NN=C(C=Nc1ccc(C(=O)N2CCC(N3CCCC3)CC2)cc1)c1n[nH]c2ccccc12. The van der Waals surface area contributed by atoms with Crippen LogP contribution in [0, 0.1) is 0 Å². The van der Waals surface area contributed by atoms with Crippen LogP contribution in [0.2, 0.25) is 0 Å². The van der Waals surface area contributed by atoms with E-state index in [0.29, 0.717) is 23.0 Å². The molecule has 8 nitrogen and oxygen atoms in total. The Morgan fingerprint density at radius 3 is 2.48 bits per heavy atom. The maximum Gasteiger partial charge on any atom is 0.253 e. The van der Waals surface area contributed by atoms with Gasteiger partial charge in [-0.15, -0.1) is 0 Å². The number of hydrogen-bond donors (Lipinski definition) is 2. The molecule has 0 aliphatic carbocycles. The fraction of sp³-hybridized carbons (Fsp3) is 0.360. The number of nitrogens with zero attached hydrogens (tertiary/aromatic N) is 5. The summed E-state index contributed by atoms with van der Waals surface area (Å²) in [6.45, 7) is 4.09. The van der Waals surface area contributed by atoms with Gasteiger partial charge in [-0.25, -0.2) is 0 Å². The molecule has 8 heteroatoms. The fourth-order valence-electron chi connectivity index (χ4n) is 4.86. The molecule has 2 aliphatic heterocycles. The summed E-state index contributed by atoms with van der Waals surface area (Å²) in [5, 5.41) is 12.1. The maximum absolute atomic E-state index is 13.0. The molecule has 2 aliphatic rings. The van der Waals surface area contributed by atoms with Crippen molar-refractivity contribution in [2.24, 2.45) is 15.9 Å². The number of rotatable bonds is 5. The zero-order valence-electron chi connectivity index (χ0n) is 18.7. The highest BCUT2D eigenvalue weighted by molar-refractivity contribution is 6.40. The highest BCUT2D eigenvalue weighted by atomic mass is 16.2. The number of likely N-dealkylation sites (tertiary alicyclic amines) is 2. The summed E-state index contributed by atoms with van der Waals surface area (Å²) in [4.78, 5) is 22.0. The number of aliphatic imine (C=N–C) groups is 1. The minimum Gasteiger partial charge on any atom is -0.339 e. The summed E-state index contributed by atoms with van der Waals surface area (Å²) in [6, 6.07) is 15.8. The number of amides is 1. The molecule has 1 aromatic heterocycles. The van der Waals surface area contributed by atoms with Crippen molar-refractivity contribution in [3.05, 3.63) is 59.8 Å². The monoisotopic (exact) mass is 443 g/mol. The number of fused-ring (bicyclic) bond motifs is 1. The molecule has 170 valence electrons. The number of carbonyl (C=O) groups is 1. The molecule has 2 aromatic carbocycles. The molecule has 0 spiro atoms. The minimum absolute atomic E-state index is 0.0950. The number of piperidine rings is 1. The van der Waals surface area contributed by atoms with E-state index >= 15 is 0 Å². The predicted molar refractivity (Wildman–Crippen MR) is 131 cm³/mol. The van der Waals surface area contributed by atoms with Crippen molar-refractivity contribution in [3.63, 3.8) is 0 Å². The molecule has 0 unspecified atom stereocenters. The topological polar surface area (TPSA) is 103 Å². The van der Waals surface area contributed by atoms with E-state index in [1.54, 1.807) is 6.21 Å². The average molecular weight is 444 g/mol. The van der Waals surface area contributed by atoms with Crippen molar-refractivity contribution < 1.29 is 4.79 Å². The van der Waals surface area contributed by atoms with E-state index in [4.69, 9.17) is 5.84 Å². The maximum atomic E-state index is 13.0. The number of H-pyrrole nitrogens is 1. The third-order valence-corrected chi connectivity index (χ3v) is 6.71. The van der Waals surface area contributed by atoms with Gasteiger partial charge in [-0.2, -0.15) is 10.2 Å². The Hall–Kier alpha value is -3.52. The van der Waals surface area contributed by atoms with Crippen LogP contribution in [0.25, 0.3) is 10.9 Å². The van der Waals surface area contributed by atoms with Gasteiger partial charge in [-0.05, 0) is 69.1 Å². The van der Waals surface area contributed by atoms with E-state index in [2.05, 4.69) is 25.2 Å². The second-order valence-corrected chi connectivity index (χ2v) is 8.70. The Labute approximate surface area is 193 Å². The third kappa shape index (κ3) is 4.52. The van der Waals surface area contributed by atoms with Crippen molar-refractivity contribution in [3.8, 4) is 0 Å². The average Bonchev–Trinajstić information content (AvgIpc) is 3.56. The van der Waals surface area contributed by atoms with Crippen molar-refractivity contribution >= 4 is 34.4 Å². The largest absolute Gasteiger partial charge is 0.339 e. The number of hydrogen-bond acceptors (Lipinski definition) is 6. The van der Waals surface area contributed by atoms with Crippen LogP contribution in [0.4, 0.5) is 5.69 Å². The highest BCUT2D eigenvalue weighted by Gasteiger charge is 2.28. The first-order chi connectivity index (χ1) is 16.2. The van der Waals surface area contributed by atoms with Crippen LogP contribution in [0.3, 0.4) is 0 Å². The van der Waals surface area contributed by atoms with Gasteiger partial charge < -0.3 is 15.6 Å². The van der Waals surface area contributed by atoms with Crippen LogP contribution in [0.5, 0.6) is 0 Å². The molecule has 2 fully saturated rings. The van der Waals surface area contributed by atoms with Crippen molar-refractivity contribution in [1.29, 1.82) is 0 Å². The number of aromatic nitrogens is 2. The Kier molecular flexibility index (Phi) is 6.17. The Morgan fingerprint density at radius 1 is 1.03 bits per heavy atom. The first kappa shape index (κ1) is 21.3. The van der Waals surface area contributed by atoms with Crippen LogP contribution in [0.15, 0.2) is 58.6 Å². The summed E-state index contributed by atoms with van der Waals surface area (Å²) in [7, 11) is 0. The summed E-state index contributed by atoms with van der Waals surface area (Å²) in [5.41, 5.74) is 3.46. The fourth-order valence-corrected chi connectivity index (χ4v) is 4.86. The first-order valence-electron chi connectivity index (χ1n) is 11.6. The lowest BCUT2D eigenvalue weighted by atomic mass is 10.0. The molecule has 3 N–H and O–H groups in total. The normalized spacial score (nSPS) is 18.5. The van der Waals surface area contributed by atoms with Crippen molar-refractivity contribution in [1.82, 2.24) is 20.0 Å². The Balaban J connectivity index is 1.22. The molecule has 0 saturated carbocycles. The molecule has 5 rings (SSSR count). The van der Waals surface area contributed by atoms with E-state index in [-0.39, 0.29) is 5.91 Å². The number of nitrogens with one attached hydrogen (secondary N) is 1. The summed E-state index contributed by atoms with van der Waals surface area (Å²) < 4.78 is 0. The Morgan fingerprint density at radius 2 is 1.76 bits per heavy atom. The van der Waals surface area contributed by atoms with Gasteiger partial charge in [0.1, 0.15) is 11.4 Å². The zero-order chi connectivity index (χ0) is 22.6. The lowest BCUT2D eigenvalue weighted by Gasteiger charge is -2.36. The van der Waals surface area contributed by atoms with Crippen LogP contribution < -0.4 is 5.84 Å². The zero-order valence-corrected chi connectivity index (χ0v) is 18.7. The number of benzene rings is 2. The number of hydrazone groups is 1. The molecule has 3 heterocycles. The van der Waals surface area contributed by atoms with Gasteiger partial charge in [-0.1, -0.05) is 18.2 Å². The van der Waals surface area contributed by atoms with Gasteiger partial charge in [0, 0.05) is 30.1 Å². The molecular formula is C25H29N7O. The van der Waals surface area contributed by atoms with Crippen molar-refractivity contribution in [2.75, 3.05) is 26.2 Å². The van der Waals surface area contributed by atoms with Gasteiger partial charge >= 0.3 is 0 Å².